The molecule has 0 N–H and O–H groups in total. The summed E-state index contributed by atoms with van der Waals surface area (Å²) in [5.41, 5.74) is 0. The van der Waals surface area contributed by atoms with Gasteiger partial charge in [-0.05, 0) is 0 Å². The molecule has 0 amide bonds. The molecule has 0 fully saturated rings. The first-order valence-electron chi connectivity index (χ1n) is 0.667. The first-order chi connectivity index (χ1) is 2.00. The summed E-state index contributed by atoms with van der Waals surface area (Å²) in [6.45, 7) is 0. The topological polar surface area (TPSA) is 80.3 Å². The Labute approximate surface area is 73.6 Å². The van der Waals surface area contributed by atoms with Gasteiger partial charge in [-0.15, -0.1) is 0 Å². The Morgan fingerprint density at radius 2 is 1.14 bits per heavy atom. The first-order valence-corrected chi connectivity index (χ1v) is 2.00. The minimum Gasteiger partial charge on any atom is 2.00 e. The Kier molecular flexibility index (Phi) is 12.4. The van der Waals surface area contributed by atoms with Gasteiger partial charge in [-0.25, -0.2) is 0 Å². The van der Waals surface area contributed by atoms with Crippen molar-refractivity contribution in [2.75, 3.05) is 0 Å². The molecule has 0 saturated carbocycles. The van der Waals surface area contributed by atoms with Crippen LogP contribution < -0.4 is 0 Å². The maximum atomic E-state index is 8.52. The van der Waals surface area contributed by atoms with Crippen molar-refractivity contribution in [1.82, 2.24) is 0 Å². The van der Waals surface area contributed by atoms with E-state index >= 15 is 0 Å². The molecule has 0 aromatic heterocycles. The van der Waals surface area contributed by atoms with Gasteiger partial charge in [0.05, 0.1) is 0 Å². The van der Waals surface area contributed by atoms with Crippen LogP contribution in [0.15, 0.2) is 0 Å². The van der Waals surface area contributed by atoms with Crippen molar-refractivity contribution < 1.29 is 17.5 Å². The van der Waals surface area contributed by atoms with Crippen LogP contribution in [0, 0.1) is 0 Å². The predicted octanol–water partition coefficient (Wildman–Crippen LogP) is -2.37. The van der Waals surface area contributed by atoms with E-state index in [0.717, 1.165) is 0 Å². The summed E-state index contributed by atoms with van der Waals surface area (Å²) >= 11 is 0. The van der Waals surface area contributed by atoms with E-state index in [1.54, 1.807) is 0 Å². The molecule has 0 aromatic rings. The number of hydrogen-bond donors (Lipinski definition) is 0. The van der Waals surface area contributed by atoms with Gasteiger partial charge in [0.15, 0.2) is 0 Å². The summed E-state index contributed by atoms with van der Waals surface area (Å²) in [6.07, 6.45) is 0. The predicted molar refractivity (Wildman–Crippen MR) is 23.4 cm³/mol. The molecule has 0 heterocycles. The maximum absolute atomic E-state index is 8.52. The molecule has 0 aliphatic rings. The van der Waals surface area contributed by atoms with Crippen LogP contribution in [0.25, 0.3) is 0 Å². The number of rotatable bonds is 0. The Hall–Kier alpha value is 1.39. The summed E-state index contributed by atoms with van der Waals surface area (Å²) in [7, 11) is -5.17. The molecule has 0 bridgehead atoms. The molecule has 0 aliphatic heterocycles. The van der Waals surface area contributed by atoms with Gasteiger partial charge in [-0.3, -0.25) is 8.42 Å². The molecule has 0 atom stereocenters. The minimum atomic E-state index is -5.17. The fourth-order valence-corrected chi connectivity index (χ4v) is 0. The molecule has 0 rings (SSSR count). The van der Waals surface area contributed by atoms with E-state index in [1.807, 2.05) is 0 Å². The largest absolute Gasteiger partial charge is 2.00 e. The standard InChI is InChI=1S/Li.H2O4S.Pb.H/c;1-5(2,3)4;;/h;(H2,1,2,3,4);;/q;;+2;/p-2. The van der Waals surface area contributed by atoms with Crippen LogP contribution in [-0.4, -0.2) is 63.7 Å². The van der Waals surface area contributed by atoms with Crippen molar-refractivity contribution in [2.45, 2.75) is 0 Å². The fraction of sp³-hybridized carbons (Fsp3) is 0. The van der Waals surface area contributed by atoms with Crippen molar-refractivity contribution in [3.8, 4) is 0 Å². The normalized spacial score (nSPS) is 8.29. The number of hydrogen-bond acceptors (Lipinski definition) is 4. The van der Waals surface area contributed by atoms with E-state index < -0.39 is 10.4 Å². The van der Waals surface area contributed by atoms with E-state index in [9.17, 15) is 0 Å². The monoisotopic (exact) mass is 312 g/mol. The summed E-state index contributed by atoms with van der Waals surface area (Å²) in [5, 5.41) is 0. The van der Waals surface area contributed by atoms with Gasteiger partial charge in [0.2, 0.25) is 0 Å². The zero-order valence-corrected chi connectivity index (χ0v) is 7.25. The molecule has 0 aliphatic carbocycles. The first kappa shape index (κ1) is 15.8. The van der Waals surface area contributed by atoms with Crippen LogP contribution in [0.2, 0.25) is 0 Å². The summed E-state index contributed by atoms with van der Waals surface area (Å²) in [5.74, 6) is 0. The maximum Gasteiger partial charge on any atom is 2.00 e. The van der Waals surface area contributed by atoms with Gasteiger partial charge in [0, 0.05) is 10.4 Å². The summed E-state index contributed by atoms with van der Waals surface area (Å²) < 4.78 is 34.1. The van der Waals surface area contributed by atoms with Crippen LogP contribution >= 0.6 is 0 Å². The third kappa shape index (κ3) is 111. The van der Waals surface area contributed by atoms with Crippen molar-refractivity contribution >= 4 is 56.6 Å². The van der Waals surface area contributed by atoms with E-state index in [1.165, 1.54) is 0 Å². The fourth-order valence-electron chi connectivity index (χ4n) is 0. The molecule has 36 valence electrons. The van der Waals surface area contributed by atoms with Crippen LogP contribution in [0.5, 0.6) is 0 Å². The van der Waals surface area contributed by atoms with Gasteiger partial charge in [0.1, 0.15) is 0 Å². The second-order valence-corrected chi connectivity index (χ2v) is 1.22. The van der Waals surface area contributed by atoms with Gasteiger partial charge < -0.3 is 9.11 Å². The molecule has 0 spiro atoms. The van der Waals surface area contributed by atoms with Crippen LogP contribution in [-0.2, 0) is 10.4 Å². The average molecular weight is 311 g/mol. The molecule has 0 saturated heterocycles. The molecule has 7 heavy (non-hydrogen) atoms. The zero-order valence-electron chi connectivity index (χ0n) is 2.54. The SMILES string of the molecule is O=S(=O)([O-])[O-].[LiH].[Pb+2]. The van der Waals surface area contributed by atoms with Crippen LogP contribution in [0.3, 0.4) is 0 Å². The van der Waals surface area contributed by atoms with E-state index in [2.05, 4.69) is 0 Å². The Morgan fingerprint density at radius 3 is 1.14 bits per heavy atom. The Morgan fingerprint density at radius 1 is 1.14 bits per heavy atom. The van der Waals surface area contributed by atoms with Crippen LogP contribution in [0.1, 0.15) is 0 Å². The molecule has 7 heteroatoms. The van der Waals surface area contributed by atoms with E-state index in [4.69, 9.17) is 17.5 Å². The third-order valence-electron chi connectivity index (χ3n) is 0. The molecule has 0 aromatic carbocycles. The Bertz CT molecular complexity index is 94.9. The van der Waals surface area contributed by atoms with Gasteiger partial charge in [0.25, 0.3) is 0 Å². The van der Waals surface area contributed by atoms with Gasteiger partial charge in [-0.1, -0.05) is 0 Å². The molecule has 4 nitrogen and oxygen atoms in total. The quantitative estimate of drug-likeness (QED) is 0.285. The Balaban J connectivity index is -0.0000000800. The zero-order chi connectivity index (χ0) is 4.50. The van der Waals surface area contributed by atoms with Gasteiger partial charge in [-0.2, -0.15) is 0 Å². The van der Waals surface area contributed by atoms with Crippen molar-refractivity contribution in [3.63, 3.8) is 0 Å². The minimum absolute atomic E-state index is 0. The molecular weight excluding hydrogens is 310 g/mol. The second-order valence-electron chi connectivity index (χ2n) is 0.408. The van der Waals surface area contributed by atoms with Crippen molar-refractivity contribution in [1.29, 1.82) is 0 Å². The van der Waals surface area contributed by atoms with E-state index in [-0.39, 0.29) is 46.2 Å². The second kappa shape index (κ2) is 5.52. The van der Waals surface area contributed by atoms with Crippen molar-refractivity contribution in [3.05, 3.63) is 0 Å². The van der Waals surface area contributed by atoms with Crippen molar-refractivity contribution in [2.24, 2.45) is 0 Å². The third-order valence-corrected chi connectivity index (χ3v) is 0. The average Bonchev–Trinajstić information content (AvgIpc) is 0.722. The van der Waals surface area contributed by atoms with Gasteiger partial charge >= 0.3 is 46.2 Å². The molecule has 0 unspecified atom stereocenters. The smallest absolute Gasteiger partial charge is 2.00 e. The molecule has 2 radical (unpaired) electrons. The summed E-state index contributed by atoms with van der Waals surface area (Å²) in [4.78, 5) is 0. The van der Waals surface area contributed by atoms with E-state index in [0.29, 0.717) is 0 Å². The molecular formula is HLiO4PbS. The van der Waals surface area contributed by atoms with Crippen LogP contribution in [0.4, 0.5) is 0 Å². The summed E-state index contributed by atoms with van der Waals surface area (Å²) in [6, 6.07) is 0.